The third-order valence-corrected chi connectivity index (χ3v) is 2.74. The van der Waals surface area contributed by atoms with Gasteiger partial charge in [-0.05, 0) is 39.0 Å². The van der Waals surface area contributed by atoms with Crippen LogP contribution in [0.4, 0.5) is 8.78 Å². The molecule has 5 heteroatoms. The third-order valence-electron chi connectivity index (χ3n) is 2.74. The van der Waals surface area contributed by atoms with Crippen molar-refractivity contribution in [2.75, 3.05) is 19.7 Å². The maximum atomic E-state index is 13.4. The first-order valence-corrected chi connectivity index (χ1v) is 6.33. The van der Waals surface area contributed by atoms with E-state index in [4.69, 9.17) is 4.74 Å². The fourth-order valence-electron chi connectivity index (χ4n) is 1.83. The van der Waals surface area contributed by atoms with Crippen molar-refractivity contribution in [2.24, 2.45) is 0 Å². The Kier molecular flexibility index (Phi) is 5.85. The summed E-state index contributed by atoms with van der Waals surface area (Å²) in [5.74, 6) is -1.18. The second-order valence-electron chi connectivity index (χ2n) is 5.01. The maximum Gasteiger partial charge on any atom is 0.129 e. The summed E-state index contributed by atoms with van der Waals surface area (Å²) in [5, 5.41) is 12.8. The molecule has 0 heterocycles. The lowest BCUT2D eigenvalue weighted by molar-refractivity contribution is -0.0105. The van der Waals surface area contributed by atoms with Crippen molar-refractivity contribution in [3.05, 3.63) is 35.4 Å². The van der Waals surface area contributed by atoms with Gasteiger partial charge in [0, 0.05) is 25.3 Å². The SMILES string of the molecule is CCOC(C)(C)CNCC(O)c1cc(F)ccc1F. The van der Waals surface area contributed by atoms with Crippen LogP contribution in [0.1, 0.15) is 32.4 Å². The Morgan fingerprint density at radius 2 is 2.05 bits per heavy atom. The van der Waals surface area contributed by atoms with E-state index >= 15 is 0 Å². The van der Waals surface area contributed by atoms with Crippen molar-refractivity contribution in [3.8, 4) is 0 Å². The molecule has 0 spiro atoms. The molecule has 0 radical (unpaired) electrons. The van der Waals surface area contributed by atoms with Crippen molar-refractivity contribution in [1.82, 2.24) is 5.32 Å². The normalized spacial score (nSPS) is 13.6. The lowest BCUT2D eigenvalue weighted by Crippen LogP contribution is -2.39. The van der Waals surface area contributed by atoms with Crippen molar-refractivity contribution >= 4 is 0 Å². The minimum absolute atomic E-state index is 0.0401. The largest absolute Gasteiger partial charge is 0.387 e. The van der Waals surface area contributed by atoms with E-state index in [1.54, 1.807) is 0 Å². The highest BCUT2D eigenvalue weighted by molar-refractivity contribution is 5.21. The van der Waals surface area contributed by atoms with Gasteiger partial charge in [-0.15, -0.1) is 0 Å². The van der Waals surface area contributed by atoms with Crippen LogP contribution in [-0.4, -0.2) is 30.4 Å². The van der Waals surface area contributed by atoms with E-state index in [2.05, 4.69) is 5.32 Å². The number of halogens is 2. The number of hydrogen-bond donors (Lipinski definition) is 2. The Hall–Kier alpha value is -1.04. The van der Waals surface area contributed by atoms with Crippen LogP contribution >= 0.6 is 0 Å². The van der Waals surface area contributed by atoms with Gasteiger partial charge in [0.05, 0.1) is 11.7 Å². The molecule has 1 atom stereocenters. The number of benzene rings is 1. The van der Waals surface area contributed by atoms with Gasteiger partial charge in [0.2, 0.25) is 0 Å². The summed E-state index contributed by atoms with van der Waals surface area (Å²) in [7, 11) is 0. The minimum Gasteiger partial charge on any atom is -0.387 e. The monoisotopic (exact) mass is 273 g/mol. The lowest BCUT2D eigenvalue weighted by Gasteiger charge is -2.25. The van der Waals surface area contributed by atoms with E-state index < -0.39 is 17.7 Å². The highest BCUT2D eigenvalue weighted by Gasteiger charge is 2.19. The molecule has 0 fully saturated rings. The molecule has 1 aromatic rings. The smallest absolute Gasteiger partial charge is 0.129 e. The zero-order chi connectivity index (χ0) is 14.5. The molecule has 19 heavy (non-hydrogen) atoms. The van der Waals surface area contributed by atoms with Crippen molar-refractivity contribution in [1.29, 1.82) is 0 Å². The second-order valence-corrected chi connectivity index (χ2v) is 5.01. The maximum absolute atomic E-state index is 13.4. The van der Waals surface area contributed by atoms with Crippen LogP contribution in [0, 0.1) is 11.6 Å². The fourth-order valence-corrected chi connectivity index (χ4v) is 1.83. The van der Waals surface area contributed by atoms with E-state index in [1.165, 1.54) is 0 Å². The second kappa shape index (κ2) is 6.93. The lowest BCUT2D eigenvalue weighted by atomic mass is 10.1. The number of nitrogens with one attached hydrogen (secondary N) is 1. The van der Waals surface area contributed by atoms with E-state index in [9.17, 15) is 13.9 Å². The molecule has 1 rings (SSSR count). The average molecular weight is 273 g/mol. The van der Waals surface area contributed by atoms with Crippen LogP contribution in [0.3, 0.4) is 0 Å². The van der Waals surface area contributed by atoms with Crippen molar-refractivity contribution in [3.63, 3.8) is 0 Å². The predicted molar refractivity (Wildman–Crippen MR) is 69.9 cm³/mol. The van der Waals surface area contributed by atoms with Crippen LogP contribution in [0.5, 0.6) is 0 Å². The molecule has 0 aliphatic rings. The van der Waals surface area contributed by atoms with Crippen LogP contribution in [0.25, 0.3) is 0 Å². The van der Waals surface area contributed by atoms with Crippen LogP contribution in [0.2, 0.25) is 0 Å². The molecule has 2 N–H and O–H groups in total. The highest BCUT2D eigenvalue weighted by Crippen LogP contribution is 2.18. The first kappa shape index (κ1) is 16.0. The Balaban J connectivity index is 2.51. The summed E-state index contributed by atoms with van der Waals surface area (Å²) < 4.78 is 31.9. The Morgan fingerprint density at radius 1 is 1.37 bits per heavy atom. The quantitative estimate of drug-likeness (QED) is 0.801. The molecule has 0 aliphatic carbocycles. The van der Waals surface area contributed by atoms with E-state index in [0.29, 0.717) is 13.2 Å². The first-order chi connectivity index (χ1) is 8.85. The molecular formula is C14H21F2NO2. The van der Waals surface area contributed by atoms with Crippen LogP contribution in [-0.2, 0) is 4.74 Å². The van der Waals surface area contributed by atoms with Crippen LogP contribution in [0.15, 0.2) is 18.2 Å². The molecule has 1 unspecified atom stereocenters. The van der Waals surface area contributed by atoms with E-state index in [1.807, 2.05) is 20.8 Å². The van der Waals surface area contributed by atoms with E-state index in [0.717, 1.165) is 18.2 Å². The predicted octanol–water partition coefficient (Wildman–Crippen LogP) is 2.40. The Morgan fingerprint density at radius 3 is 2.68 bits per heavy atom. The van der Waals surface area contributed by atoms with Gasteiger partial charge in [-0.1, -0.05) is 0 Å². The van der Waals surface area contributed by atoms with Gasteiger partial charge in [-0.25, -0.2) is 8.78 Å². The highest BCUT2D eigenvalue weighted by atomic mass is 19.1. The summed E-state index contributed by atoms with van der Waals surface area (Å²) in [5.41, 5.74) is -0.406. The molecule has 0 aliphatic heterocycles. The van der Waals surface area contributed by atoms with Gasteiger partial charge in [0.15, 0.2) is 0 Å². The first-order valence-electron chi connectivity index (χ1n) is 6.33. The van der Waals surface area contributed by atoms with Gasteiger partial charge < -0.3 is 15.2 Å². The molecule has 0 amide bonds. The third kappa shape index (κ3) is 5.22. The molecule has 108 valence electrons. The number of ether oxygens (including phenoxy) is 1. The standard InChI is InChI=1S/C14H21F2NO2/c1-4-19-14(2,3)9-17-8-13(18)11-7-10(15)5-6-12(11)16/h5-7,13,17-18H,4,8-9H2,1-3H3. The van der Waals surface area contributed by atoms with Crippen molar-refractivity contribution in [2.45, 2.75) is 32.5 Å². The van der Waals surface area contributed by atoms with Crippen LogP contribution < -0.4 is 5.32 Å². The molecule has 3 nitrogen and oxygen atoms in total. The molecule has 0 saturated carbocycles. The topological polar surface area (TPSA) is 41.5 Å². The minimum atomic E-state index is -1.09. The fraction of sp³-hybridized carbons (Fsp3) is 0.571. The van der Waals surface area contributed by atoms with Crippen molar-refractivity contribution < 1.29 is 18.6 Å². The molecule has 0 aromatic heterocycles. The Bertz CT molecular complexity index is 410. The number of hydrogen-bond acceptors (Lipinski definition) is 3. The van der Waals surface area contributed by atoms with Gasteiger partial charge >= 0.3 is 0 Å². The molecule has 1 aromatic carbocycles. The summed E-state index contributed by atoms with van der Waals surface area (Å²) >= 11 is 0. The zero-order valence-electron chi connectivity index (χ0n) is 11.5. The summed E-state index contributed by atoms with van der Waals surface area (Å²) in [6.07, 6.45) is -1.09. The summed E-state index contributed by atoms with van der Waals surface area (Å²) in [6, 6.07) is 3.05. The molecule has 0 saturated heterocycles. The average Bonchev–Trinajstić information content (AvgIpc) is 2.31. The zero-order valence-corrected chi connectivity index (χ0v) is 11.5. The molecule has 0 bridgehead atoms. The summed E-state index contributed by atoms with van der Waals surface area (Å²) in [6.45, 7) is 6.97. The number of aliphatic hydroxyl groups is 1. The molecular weight excluding hydrogens is 252 g/mol. The van der Waals surface area contributed by atoms with Gasteiger partial charge in [0.1, 0.15) is 11.6 Å². The number of rotatable bonds is 7. The Labute approximate surface area is 112 Å². The summed E-state index contributed by atoms with van der Waals surface area (Å²) in [4.78, 5) is 0. The van der Waals surface area contributed by atoms with Gasteiger partial charge in [-0.2, -0.15) is 0 Å². The van der Waals surface area contributed by atoms with E-state index in [-0.39, 0.29) is 17.7 Å². The van der Waals surface area contributed by atoms with Gasteiger partial charge in [-0.3, -0.25) is 0 Å². The van der Waals surface area contributed by atoms with Gasteiger partial charge in [0.25, 0.3) is 0 Å². The number of aliphatic hydroxyl groups excluding tert-OH is 1.